The summed E-state index contributed by atoms with van der Waals surface area (Å²) in [5.74, 6) is -0.0790. The molecule has 0 aliphatic carbocycles. The highest BCUT2D eigenvalue weighted by molar-refractivity contribution is 5.95. The van der Waals surface area contributed by atoms with Crippen molar-refractivity contribution in [2.24, 2.45) is 0 Å². The van der Waals surface area contributed by atoms with Gasteiger partial charge < -0.3 is 25.5 Å². The fraction of sp³-hybridized carbons (Fsp3) is 0.364. The Labute approximate surface area is 171 Å². The van der Waals surface area contributed by atoms with E-state index in [9.17, 15) is 14.7 Å². The van der Waals surface area contributed by atoms with Crippen LogP contribution in [0, 0.1) is 13.8 Å². The van der Waals surface area contributed by atoms with E-state index in [0.717, 1.165) is 48.7 Å². The first-order valence-electron chi connectivity index (χ1n) is 9.92. The van der Waals surface area contributed by atoms with Crippen LogP contribution in [0.4, 0.5) is 11.4 Å². The number of benzene rings is 2. The fourth-order valence-corrected chi connectivity index (χ4v) is 3.47. The highest BCUT2D eigenvalue weighted by Crippen LogP contribution is 2.18. The summed E-state index contributed by atoms with van der Waals surface area (Å²) >= 11 is 0. The van der Waals surface area contributed by atoms with Crippen LogP contribution in [0.2, 0.25) is 0 Å². The quantitative estimate of drug-likeness (QED) is 0.571. The largest absolute Gasteiger partial charge is 0.508 e. The van der Waals surface area contributed by atoms with E-state index in [2.05, 4.69) is 15.5 Å². The zero-order valence-corrected chi connectivity index (χ0v) is 17.0. The highest BCUT2D eigenvalue weighted by atomic mass is 16.3. The number of hydrogen-bond acceptors (Lipinski definition) is 4. The molecule has 7 nitrogen and oxygen atoms in total. The minimum absolute atomic E-state index is 0.0286. The molecule has 2 aromatic carbocycles. The number of rotatable bonds is 6. The van der Waals surface area contributed by atoms with E-state index in [1.165, 1.54) is 4.90 Å². The summed E-state index contributed by atoms with van der Waals surface area (Å²) in [6.45, 7) is 7.69. The van der Waals surface area contributed by atoms with Crippen LogP contribution in [-0.4, -0.2) is 56.2 Å². The lowest BCUT2D eigenvalue weighted by atomic mass is 10.1. The molecule has 0 unspecified atom stereocenters. The lowest BCUT2D eigenvalue weighted by molar-refractivity contribution is -0.892. The molecule has 3 rings (SSSR count). The van der Waals surface area contributed by atoms with Gasteiger partial charge in [-0.05, 0) is 55.3 Å². The van der Waals surface area contributed by atoms with Crippen molar-refractivity contribution in [3.63, 3.8) is 0 Å². The molecular formula is C22H29N4O3+. The third-order valence-electron chi connectivity index (χ3n) is 5.42. The molecule has 2 amide bonds. The van der Waals surface area contributed by atoms with Crippen LogP contribution >= 0.6 is 0 Å². The summed E-state index contributed by atoms with van der Waals surface area (Å²) in [6.07, 6.45) is 0. The maximum absolute atomic E-state index is 12.2. The minimum atomic E-state index is -0.223. The van der Waals surface area contributed by atoms with Gasteiger partial charge in [0.05, 0.1) is 32.7 Å². The zero-order chi connectivity index (χ0) is 20.8. The average molecular weight is 397 g/mol. The second-order valence-corrected chi connectivity index (χ2v) is 7.50. The van der Waals surface area contributed by atoms with Gasteiger partial charge in [-0.2, -0.15) is 0 Å². The lowest BCUT2D eigenvalue weighted by Gasteiger charge is -2.33. The standard InChI is InChI=1S/C22H28N4O3/c1-16-4-3-5-20(17(16)2)24-21(28)14-23-22(29)15-25-10-12-26(13-11-25)18-6-8-19(27)9-7-18/h3-9,27H,10-15H2,1-2H3,(H,23,29)(H,24,28)/p+1. The Morgan fingerprint density at radius 2 is 1.72 bits per heavy atom. The number of nitrogens with zero attached hydrogens (tertiary/aromatic N) is 1. The van der Waals surface area contributed by atoms with Crippen molar-refractivity contribution in [2.45, 2.75) is 13.8 Å². The van der Waals surface area contributed by atoms with Crippen LogP contribution in [0.5, 0.6) is 5.75 Å². The van der Waals surface area contributed by atoms with Gasteiger partial charge in [-0.25, -0.2) is 0 Å². The normalized spacial score (nSPS) is 14.5. The number of nitrogens with one attached hydrogen (secondary N) is 3. The average Bonchev–Trinajstić information content (AvgIpc) is 2.71. The van der Waals surface area contributed by atoms with Crippen molar-refractivity contribution in [3.8, 4) is 5.75 Å². The SMILES string of the molecule is Cc1cccc(NC(=O)CNC(=O)C[NH+]2CCN(c3ccc(O)cc3)CC2)c1C. The van der Waals surface area contributed by atoms with E-state index < -0.39 is 0 Å². The van der Waals surface area contributed by atoms with Gasteiger partial charge in [-0.3, -0.25) is 9.59 Å². The third kappa shape index (κ3) is 5.71. The monoisotopic (exact) mass is 397 g/mol. The summed E-state index contributed by atoms with van der Waals surface area (Å²) in [7, 11) is 0. The zero-order valence-electron chi connectivity index (χ0n) is 17.0. The number of aryl methyl sites for hydroxylation is 1. The number of amides is 2. The lowest BCUT2D eigenvalue weighted by Crippen LogP contribution is -3.16. The van der Waals surface area contributed by atoms with Crippen molar-refractivity contribution >= 4 is 23.2 Å². The number of hydrogen-bond donors (Lipinski definition) is 4. The number of carbonyl (C=O) groups is 2. The Hall–Kier alpha value is -3.06. The Balaban J connectivity index is 1.39. The Morgan fingerprint density at radius 1 is 1.03 bits per heavy atom. The summed E-state index contributed by atoms with van der Waals surface area (Å²) in [6, 6.07) is 12.9. The van der Waals surface area contributed by atoms with Crippen molar-refractivity contribution in [2.75, 3.05) is 49.5 Å². The first kappa shape index (κ1) is 20.7. The molecule has 154 valence electrons. The van der Waals surface area contributed by atoms with Gasteiger partial charge in [-0.1, -0.05) is 12.1 Å². The second-order valence-electron chi connectivity index (χ2n) is 7.50. The summed E-state index contributed by atoms with van der Waals surface area (Å²) < 4.78 is 0. The van der Waals surface area contributed by atoms with Gasteiger partial charge in [-0.15, -0.1) is 0 Å². The van der Waals surface area contributed by atoms with E-state index in [1.54, 1.807) is 12.1 Å². The van der Waals surface area contributed by atoms with Gasteiger partial charge in [0.25, 0.3) is 5.91 Å². The van der Waals surface area contributed by atoms with E-state index in [0.29, 0.717) is 6.54 Å². The number of piperazine rings is 1. The van der Waals surface area contributed by atoms with Crippen LogP contribution in [0.3, 0.4) is 0 Å². The molecule has 0 radical (unpaired) electrons. The maximum Gasteiger partial charge on any atom is 0.275 e. The number of quaternary nitrogens is 1. The molecule has 0 spiro atoms. The molecule has 4 N–H and O–H groups in total. The van der Waals surface area contributed by atoms with E-state index >= 15 is 0 Å². The van der Waals surface area contributed by atoms with Crippen molar-refractivity contribution in [3.05, 3.63) is 53.6 Å². The molecule has 2 aromatic rings. The van der Waals surface area contributed by atoms with Crippen molar-refractivity contribution < 1.29 is 19.6 Å². The van der Waals surface area contributed by atoms with Crippen LogP contribution in [0.15, 0.2) is 42.5 Å². The fourth-order valence-electron chi connectivity index (χ4n) is 3.47. The Bertz CT molecular complexity index is 859. The second kappa shape index (κ2) is 9.43. The first-order chi connectivity index (χ1) is 13.9. The van der Waals surface area contributed by atoms with Gasteiger partial charge in [0.2, 0.25) is 5.91 Å². The summed E-state index contributed by atoms with van der Waals surface area (Å²) in [4.78, 5) is 27.8. The van der Waals surface area contributed by atoms with E-state index in [4.69, 9.17) is 0 Å². The van der Waals surface area contributed by atoms with Crippen molar-refractivity contribution in [1.29, 1.82) is 0 Å². The number of anilines is 2. The van der Waals surface area contributed by atoms with Crippen LogP contribution in [-0.2, 0) is 9.59 Å². The molecule has 0 bridgehead atoms. The predicted molar refractivity (Wildman–Crippen MR) is 113 cm³/mol. The van der Waals surface area contributed by atoms with Gasteiger partial charge >= 0.3 is 0 Å². The van der Waals surface area contributed by atoms with Crippen molar-refractivity contribution in [1.82, 2.24) is 5.32 Å². The molecule has 0 aromatic heterocycles. The van der Waals surface area contributed by atoms with E-state index in [-0.39, 0.29) is 24.1 Å². The summed E-state index contributed by atoms with van der Waals surface area (Å²) in [5, 5.41) is 15.0. The number of carbonyl (C=O) groups excluding carboxylic acids is 2. The van der Waals surface area contributed by atoms with Crippen LogP contribution in [0.1, 0.15) is 11.1 Å². The predicted octanol–water partition coefficient (Wildman–Crippen LogP) is 0.469. The van der Waals surface area contributed by atoms with Crippen LogP contribution in [0.25, 0.3) is 0 Å². The molecular weight excluding hydrogens is 368 g/mol. The molecule has 0 saturated carbocycles. The van der Waals surface area contributed by atoms with Crippen LogP contribution < -0.4 is 20.4 Å². The van der Waals surface area contributed by atoms with E-state index in [1.807, 2.05) is 44.2 Å². The molecule has 0 atom stereocenters. The van der Waals surface area contributed by atoms with Gasteiger partial charge in [0.1, 0.15) is 5.75 Å². The first-order valence-corrected chi connectivity index (χ1v) is 9.92. The number of phenolic OH excluding ortho intramolecular Hbond substituents is 1. The third-order valence-corrected chi connectivity index (χ3v) is 5.42. The molecule has 1 fully saturated rings. The number of aromatic hydroxyl groups is 1. The smallest absolute Gasteiger partial charge is 0.275 e. The molecule has 1 aliphatic rings. The maximum atomic E-state index is 12.2. The molecule has 1 heterocycles. The summed E-state index contributed by atoms with van der Waals surface area (Å²) in [5.41, 5.74) is 4.00. The molecule has 1 aliphatic heterocycles. The Kier molecular flexibility index (Phi) is 6.72. The topological polar surface area (TPSA) is 86.1 Å². The molecule has 29 heavy (non-hydrogen) atoms. The van der Waals surface area contributed by atoms with Gasteiger partial charge in [0, 0.05) is 11.4 Å². The molecule has 1 saturated heterocycles. The molecule has 7 heteroatoms. The highest BCUT2D eigenvalue weighted by Gasteiger charge is 2.22. The van der Waals surface area contributed by atoms with Gasteiger partial charge in [0.15, 0.2) is 6.54 Å². The minimum Gasteiger partial charge on any atom is -0.508 e. The number of phenols is 1. The Morgan fingerprint density at radius 3 is 2.41 bits per heavy atom.